The van der Waals surface area contributed by atoms with Gasteiger partial charge in [-0.05, 0) is 37.1 Å². The Hall–Kier alpha value is -3.62. The van der Waals surface area contributed by atoms with E-state index < -0.39 is 0 Å². The number of anilines is 1. The van der Waals surface area contributed by atoms with Crippen LogP contribution in [0.15, 0.2) is 35.4 Å². The molecule has 168 valence electrons. The predicted octanol–water partition coefficient (Wildman–Crippen LogP) is 2.44. The van der Waals surface area contributed by atoms with Gasteiger partial charge in [0.2, 0.25) is 5.91 Å². The number of hydrogen-bond acceptors (Lipinski definition) is 7. The van der Waals surface area contributed by atoms with E-state index in [0.717, 1.165) is 24.9 Å². The Morgan fingerprint density at radius 2 is 1.94 bits per heavy atom. The molecule has 0 aliphatic carbocycles. The molecule has 1 aliphatic heterocycles. The molecule has 2 aromatic heterocycles. The number of hydrogen-bond donors (Lipinski definition) is 1. The molecular formula is C23H27N5O4. The van der Waals surface area contributed by atoms with Crippen molar-refractivity contribution in [2.24, 2.45) is 7.05 Å². The fourth-order valence-electron chi connectivity index (χ4n) is 3.91. The summed E-state index contributed by atoms with van der Waals surface area (Å²) in [4.78, 5) is 35.7. The van der Waals surface area contributed by atoms with Crippen LogP contribution >= 0.6 is 0 Å². The number of methoxy groups -OCH3 is 2. The quantitative estimate of drug-likeness (QED) is 0.541. The summed E-state index contributed by atoms with van der Waals surface area (Å²) in [5.41, 5.74) is 1.87. The van der Waals surface area contributed by atoms with Gasteiger partial charge < -0.3 is 24.3 Å². The number of benzene rings is 1. The Morgan fingerprint density at radius 1 is 1.12 bits per heavy atom. The van der Waals surface area contributed by atoms with Crippen LogP contribution in [0.2, 0.25) is 0 Å². The highest BCUT2D eigenvalue weighted by molar-refractivity contribution is 5.91. The molecule has 3 aromatic rings. The van der Waals surface area contributed by atoms with E-state index in [2.05, 4.69) is 10.3 Å². The maximum atomic E-state index is 12.8. The van der Waals surface area contributed by atoms with Crippen molar-refractivity contribution in [3.63, 3.8) is 0 Å². The molecule has 1 N–H and O–H groups in total. The summed E-state index contributed by atoms with van der Waals surface area (Å²) < 4.78 is 12.2. The number of aromatic nitrogens is 3. The van der Waals surface area contributed by atoms with Crippen molar-refractivity contribution in [3.8, 4) is 22.8 Å². The Balaban J connectivity index is 1.66. The number of nitrogens with one attached hydrogen (secondary N) is 1. The van der Waals surface area contributed by atoms with Crippen LogP contribution in [0.5, 0.6) is 11.5 Å². The summed E-state index contributed by atoms with van der Waals surface area (Å²) in [5, 5.41) is 3.74. The van der Waals surface area contributed by atoms with Crippen molar-refractivity contribution in [1.82, 2.24) is 19.4 Å². The average molecular weight is 438 g/mol. The van der Waals surface area contributed by atoms with E-state index in [4.69, 9.17) is 14.5 Å². The second-order valence-corrected chi connectivity index (χ2v) is 7.75. The zero-order valence-electron chi connectivity index (χ0n) is 18.6. The SMILES string of the molecule is COc1ccc(-c2cc3ncn(C)c(=O)c3c(NCCCN3CCCC3=O)n2)cc1OC. The smallest absolute Gasteiger partial charge is 0.264 e. The summed E-state index contributed by atoms with van der Waals surface area (Å²) in [5.74, 6) is 1.91. The lowest BCUT2D eigenvalue weighted by Crippen LogP contribution is -2.27. The van der Waals surface area contributed by atoms with Gasteiger partial charge in [0.15, 0.2) is 11.5 Å². The van der Waals surface area contributed by atoms with Gasteiger partial charge in [-0.3, -0.25) is 9.59 Å². The highest BCUT2D eigenvalue weighted by Crippen LogP contribution is 2.33. The van der Waals surface area contributed by atoms with Gasteiger partial charge in [-0.25, -0.2) is 9.97 Å². The molecule has 32 heavy (non-hydrogen) atoms. The second-order valence-electron chi connectivity index (χ2n) is 7.75. The number of amides is 1. The van der Waals surface area contributed by atoms with Gasteiger partial charge in [-0.1, -0.05) is 0 Å². The van der Waals surface area contributed by atoms with Crippen molar-refractivity contribution in [1.29, 1.82) is 0 Å². The zero-order valence-corrected chi connectivity index (χ0v) is 18.6. The number of pyridine rings is 1. The first-order valence-corrected chi connectivity index (χ1v) is 10.6. The molecule has 9 nitrogen and oxygen atoms in total. The van der Waals surface area contributed by atoms with Crippen molar-refractivity contribution in [2.75, 3.05) is 39.2 Å². The minimum atomic E-state index is -0.168. The van der Waals surface area contributed by atoms with Crippen LogP contribution < -0.4 is 20.3 Å². The summed E-state index contributed by atoms with van der Waals surface area (Å²) in [6.07, 6.45) is 3.82. The van der Waals surface area contributed by atoms with E-state index in [1.807, 2.05) is 23.1 Å². The Kier molecular flexibility index (Phi) is 6.25. The first-order valence-electron chi connectivity index (χ1n) is 10.6. The van der Waals surface area contributed by atoms with Gasteiger partial charge >= 0.3 is 0 Å². The van der Waals surface area contributed by atoms with Crippen molar-refractivity contribution >= 4 is 22.6 Å². The molecule has 0 spiro atoms. The number of fused-ring (bicyclic) bond motifs is 1. The second kappa shape index (κ2) is 9.25. The Morgan fingerprint density at radius 3 is 2.66 bits per heavy atom. The lowest BCUT2D eigenvalue weighted by Gasteiger charge is -2.16. The number of carbonyl (C=O) groups is 1. The monoisotopic (exact) mass is 437 g/mol. The fraction of sp³-hybridized carbons (Fsp3) is 0.391. The molecule has 0 radical (unpaired) electrons. The molecule has 4 rings (SSSR count). The van der Waals surface area contributed by atoms with Crippen LogP contribution in [-0.2, 0) is 11.8 Å². The molecule has 0 saturated carbocycles. The van der Waals surface area contributed by atoms with E-state index in [9.17, 15) is 9.59 Å². The molecular weight excluding hydrogens is 410 g/mol. The van der Waals surface area contributed by atoms with Crippen molar-refractivity contribution in [3.05, 3.63) is 40.9 Å². The molecule has 1 saturated heterocycles. The lowest BCUT2D eigenvalue weighted by atomic mass is 10.1. The number of carbonyl (C=O) groups excluding carboxylic acids is 1. The maximum Gasteiger partial charge on any atom is 0.264 e. The Labute approximate surface area is 186 Å². The third-order valence-corrected chi connectivity index (χ3v) is 5.65. The summed E-state index contributed by atoms with van der Waals surface area (Å²) in [7, 11) is 4.84. The molecule has 1 amide bonds. The molecule has 0 bridgehead atoms. The first kappa shape index (κ1) is 21.6. The number of ether oxygens (including phenoxy) is 2. The highest BCUT2D eigenvalue weighted by Gasteiger charge is 2.19. The van der Waals surface area contributed by atoms with E-state index in [1.54, 1.807) is 27.3 Å². The van der Waals surface area contributed by atoms with E-state index >= 15 is 0 Å². The number of rotatable bonds is 8. The van der Waals surface area contributed by atoms with Crippen molar-refractivity contribution < 1.29 is 14.3 Å². The number of nitrogens with zero attached hydrogens (tertiary/aromatic N) is 4. The largest absolute Gasteiger partial charge is 0.493 e. The highest BCUT2D eigenvalue weighted by atomic mass is 16.5. The van der Waals surface area contributed by atoms with Crippen LogP contribution in [0.25, 0.3) is 22.2 Å². The van der Waals surface area contributed by atoms with Crippen LogP contribution in [0.3, 0.4) is 0 Å². The van der Waals surface area contributed by atoms with Gasteiger partial charge in [0.1, 0.15) is 11.2 Å². The molecule has 9 heteroatoms. The fourth-order valence-corrected chi connectivity index (χ4v) is 3.91. The maximum absolute atomic E-state index is 12.8. The molecule has 1 aliphatic rings. The first-order chi connectivity index (χ1) is 15.5. The molecule has 3 heterocycles. The Bertz CT molecular complexity index is 1210. The van der Waals surface area contributed by atoms with E-state index in [1.165, 1.54) is 10.9 Å². The number of aryl methyl sites for hydroxylation is 1. The van der Waals surface area contributed by atoms with E-state index in [0.29, 0.717) is 53.4 Å². The average Bonchev–Trinajstić information content (AvgIpc) is 3.22. The van der Waals surface area contributed by atoms with Gasteiger partial charge in [-0.2, -0.15) is 0 Å². The third-order valence-electron chi connectivity index (χ3n) is 5.65. The molecule has 0 atom stereocenters. The summed E-state index contributed by atoms with van der Waals surface area (Å²) in [6, 6.07) is 7.35. The summed E-state index contributed by atoms with van der Waals surface area (Å²) in [6.45, 7) is 2.09. The van der Waals surface area contributed by atoms with Crippen LogP contribution in [0.1, 0.15) is 19.3 Å². The molecule has 0 unspecified atom stereocenters. The van der Waals surface area contributed by atoms with Gasteiger partial charge in [0, 0.05) is 38.7 Å². The van der Waals surface area contributed by atoms with Crippen LogP contribution in [0, 0.1) is 0 Å². The summed E-state index contributed by atoms with van der Waals surface area (Å²) >= 11 is 0. The zero-order chi connectivity index (χ0) is 22.7. The topological polar surface area (TPSA) is 98.6 Å². The van der Waals surface area contributed by atoms with Crippen LogP contribution in [-0.4, -0.2) is 59.2 Å². The minimum absolute atomic E-state index is 0.168. The van der Waals surface area contributed by atoms with Gasteiger partial charge in [0.05, 0.1) is 31.8 Å². The minimum Gasteiger partial charge on any atom is -0.493 e. The molecule has 1 aromatic carbocycles. The third kappa shape index (κ3) is 4.23. The van der Waals surface area contributed by atoms with Crippen molar-refractivity contribution in [2.45, 2.75) is 19.3 Å². The number of likely N-dealkylation sites (tertiary alicyclic amines) is 1. The normalized spacial score (nSPS) is 13.6. The van der Waals surface area contributed by atoms with Gasteiger partial charge in [0.25, 0.3) is 5.56 Å². The predicted molar refractivity (Wildman–Crippen MR) is 122 cm³/mol. The standard InChI is InChI=1S/C23H27N5O4/c1-27-14-25-17-13-16(15-7-8-18(31-2)19(12-15)32-3)26-22(21(17)23(27)30)24-9-5-11-28-10-4-6-20(28)29/h7-8,12-14H,4-6,9-11H2,1-3H3,(H,24,26). The molecule has 1 fully saturated rings. The van der Waals surface area contributed by atoms with Crippen LogP contribution in [0.4, 0.5) is 5.82 Å². The van der Waals surface area contributed by atoms with Gasteiger partial charge in [-0.15, -0.1) is 0 Å². The lowest BCUT2D eigenvalue weighted by molar-refractivity contribution is -0.127. The van der Waals surface area contributed by atoms with E-state index in [-0.39, 0.29) is 11.5 Å².